The van der Waals surface area contributed by atoms with E-state index in [1.807, 2.05) is 24.3 Å². The number of fused-ring (bicyclic) bond motifs is 1. The van der Waals surface area contributed by atoms with E-state index in [0.29, 0.717) is 12.2 Å². The zero-order chi connectivity index (χ0) is 10.8. The van der Waals surface area contributed by atoms with Crippen LogP contribution in [0.4, 0.5) is 0 Å². The highest BCUT2D eigenvalue weighted by Crippen LogP contribution is 2.19. The topological polar surface area (TPSA) is 34.9 Å². The minimum atomic E-state index is -0.533. The molecule has 2 aromatic rings. The van der Waals surface area contributed by atoms with Crippen LogP contribution in [0.25, 0.3) is 10.9 Å². The Balaban J connectivity index is 2.72. The Hall–Kier alpha value is -1.61. The van der Waals surface area contributed by atoms with Gasteiger partial charge in [-0.25, -0.2) is 0 Å². The van der Waals surface area contributed by atoms with E-state index >= 15 is 0 Å². The van der Waals surface area contributed by atoms with Crippen LogP contribution in [0.1, 0.15) is 10.5 Å². The van der Waals surface area contributed by atoms with Gasteiger partial charge in [-0.1, -0.05) is 24.3 Å². The molecule has 76 valence electrons. The molecule has 15 heavy (non-hydrogen) atoms. The number of carbonyl (C=O) groups is 1. The van der Waals surface area contributed by atoms with E-state index in [9.17, 15) is 4.79 Å². The molecule has 0 bridgehead atoms. The van der Waals surface area contributed by atoms with Crippen molar-refractivity contribution in [2.24, 2.45) is 0 Å². The normalized spacial score (nSPS) is 10.5. The summed E-state index contributed by atoms with van der Waals surface area (Å²) in [7, 11) is 0. The molecule has 0 atom stereocenters. The molecule has 0 saturated carbocycles. The summed E-state index contributed by atoms with van der Waals surface area (Å²) < 4.78 is 1.71. The fourth-order valence-electron chi connectivity index (χ4n) is 1.53. The summed E-state index contributed by atoms with van der Waals surface area (Å²) in [5.74, 6) is 0. The molecule has 2 rings (SSSR count). The van der Waals surface area contributed by atoms with E-state index in [2.05, 4.69) is 11.7 Å². The second kappa shape index (κ2) is 3.87. The van der Waals surface area contributed by atoms with E-state index < -0.39 is 5.24 Å². The lowest BCUT2D eigenvalue weighted by molar-refractivity contribution is 0.107. The lowest BCUT2D eigenvalue weighted by Crippen LogP contribution is -1.98. The van der Waals surface area contributed by atoms with E-state index in [4.69, 9.17) is 11.6 Å². The van der Waals surface area contributed by atoms with Gasteiger partial charge in [-0.05, 0) is 17.7 Å². The van der Waals surface area contributed by atoms with Gasteiger partial charge < -0.3 is 0 Å². The van der Waals surface area contributed by atoms with Crippen molar-refractivity contribution in [3.63, 3.8) is 0 Å². The molecule has 0 fully saturated rings. The first-order valence-corrected chi connectivity index (χ1v) is 4.88. The highest BCUT2D eigenvalue weighted by Gasteiger charge is 2.13. The van der Waals surface area contributed by atoms with Crippen molar-refractivity contribution in [1.82, 2.24) is 9.78 Å². The maximum Gasteiger partial charge on any atom is 0.273 e. The SMILES string of the molecule is C=CCn1nc(C(=O)Cl)c2ccccc21. The van der Waals surface area contributed by atoms with Crippen LogP contribution in [0.3, 0.4) is 0 Å². The van der Waals surface area contributed by atoms with Crippen LogP contribution in [-0.4, -0.2) is 15.0 Å². The van der Waals surface area contributed by atoms with E-state index in [1.165, 1.54) is 0 Å². The molecular formula is C11H9ClN2O. The molecule has 0 spiro atoms. The molecule has 0 N–H and O–H groups in total. The predicted molar refractivity (Wildman–Crippen MR) is 60.1 cm³/mol. The summed E-state index contributed by atoms with van der Waals surface area (Å²) >= 11 is 5.46. The number of allylic oxidation sites excluding steroid dienone is 1. The molecule has 3 nitrogen and oxygen atoms in total. The Labute approximate surface area is 92.0 Å². The lowest BCUT2D eigenvalue weighted by atomic mass is 10.2. The maximum absolute atomic E-state index is 11.1. The number of aromatic nitrogens is 2. The van der Waals surface area contributed by atoms with E-state index in [0.717, 1.165) is 10.9 Å². The minimum Gasteiger partial charge on any atom is -0.274 e. The van der Waals surface area contributed by atoms with Crippen molar-refractivity contribution in [3.8, 4) is 0 Å². The second-order valence-corrected chi connectivity index (χ2v) is 3.45. The Morgan fingerprint density at radius 1 is 1.53 bits per heavy atom. The number of hydrogen-bond acceptors (Lipinski definition) is 2. The largest absolute Gasteiger partial charge is 0.274 e. The van der Waals surface area contributed by atoms with Crippen molar-refractivity contribution in [1.29, 1.82) is 0 Å². The molecule has 0 saturated heterocycles. The molecule has 0 unspecified atom stereocenters. The summed E-state index contributed by atoms with van der Waals surface area (Å²) in [6, 6.07) is 7.48. The van der Waals surface area contributed by atoms with Crippen LogP contribution >= 0.6 is 11.6 Å². The number of benzene rings is 1. The number of hydrogen-bond donors (Lipinski definition) is 0. The van der Waals surface area contributed by atoms with Gasteiger partial charge in [0.05, 0.1) is 12.1 Å². The van der Waals surface area contributed by atoms with Crippen LogP contribution in [-0.2, 0) is 6.54 Å². The fourth-order valence-corrected chi connectivity index (χ4v) is 1.67. The van der Waals surface area contributed by atoms with Gasteiger partial charge in [0.2, 0.25) is 0 Å². The number of rotatable bonds is 3. The molecule has 0 aliphatic heterocycles. The first kappa shape index (κ1) is 9.93. The number of carbonyl (C=O) groups excluding carboxylic acids is 1. The number of para-hydroxylation sites is 1. The van der Waals surface area contributed by atoms with Gasteiger partial charge in [0.25, 0.3) is 5.24 Å². The Morgan fingerprint density at radius 2 is 2.27 bits per heavy atom. The van der Waals surface area contributed by atoms with E-state index in [1.54, 1.807) is 10.8 Å². The monoisotopic (exact) mass is 220 g/mol. The van der Waals surface area contributed by atoms with E-state index in [-0.39, 0.29) is 0 Å². The fraction of sp³-hybridized carbons (Fsp3) is 0.0909. The molecule has 4 heteroatoms. The van der Waals surface area contributed by atoms with Crippen molar-refractivity contribution in [2.45, 2.75) is 6.54 Å². The van der Waals surface area contributed by atoms with Crippen molar-refractivity contribution in [2.75, 3.05) is 0 Å². The predicted octanol–water partition coefficient (Wildman–Crippen LogP) is 2.60. The van der Waals surface area contributed by atoms with Gasteiger partial charge in [0, 0.05) is 5.39 Å². The number of halogens is 1. The zero-order valence-corrected chi connectivity index (χ0v) is 8.74. The summed E-state index contributed by atoms with van der Waals surface area (Å²) in [6.45, 7) is 4.20. The molecule has 1 aromatic heterocycles. The van der Waals surface area contributed by atoms with Crippen LogP contribution in [0.2, 0.25) is 0 Å². The highest BCUT2D eigenvalue weighted by atomic mass is 35.5. The molecule has 0 radical (unpaired) electrons. The van der Waals surface area contributed by atoms with Crippen LogP contribution in [0.15, 0.2) is 36.9 Å². The summed E-state index contributed by atoms with van der Waals surface area (Å²) in [5.41, 5.74) is 1.19. The van der Waals surface area contributed by atoms with Gasteiger partial charge in [-0.2, -0.15) is 5.10 Å². The third-order valence-corrected chi connectivity index (χ3v) is 2.33. The average molecular weight is 221 g/mol. The third kappa shape index (κ3) is 1.66. The van der Waals surface area contributed by atoms with Crippen LogP contribution < -0.4 is 0 Å². The molecule has 0 amide bonds. The molecule has 1 heterocycles. The molecular weight excluding hydrogens is 212 g/mol. The van der Waals surface area contributed by atoms with Crippen molar-refractivity contribution < 1.29 is 4.79 Å². The van der Waals surface area contributed by atoms with Crippen LogP contribution in [0.5, 0.6) is 0 Å². The summed E-state index contributed by atoms with van der Waals surface area (Å²) in [4.78, 5) is 11.1. The summed E-state index contributed by atoms with van der Waals surface area (Å²) in [5, 5.41) is 4.39. The summed E-state index contributed by atoms with van der Waals surface area (Å²) in [6.07, 6.45) is 1.72. The smallest absolute Gasteiger partial charge is 0.273 e. The quantitative estimate of drug-likeness (QED) is 0.589. The average Bonchev–Trinajstić information content (AvgIpc) is 2.59. The van der Waals surface area contributed by atoms with Crippen LogP contribution in [0, 0.1) is 0 Å². The van der Waals surface area contributed by atoms with Gasteiger partial charge >= 0.3 is 0 Å². The van der Waals surface area contributed by atoms with Crippen molar-refractivity contribution >= 4 is 27.7 Å². The molecule has 0 aliphatic rings. The van der Waals surface area contributed by atoms with Gasteiger partial charge in [-0.15, -0.1) is 6.58 Å². The molecule has 0 aliphatic carbocycles. The first-order chi connectivity index (χ1) is 7.24. The Morgan fingerprint density at radius 3 is 2.93 bits per heavy atom. The van der Waals surface area contributed by atoms with Gasteiger partial charge in [-0.3, -0.25) is 9.48 Å². The maximum atomic E-state index is 11.1. The Kier molecular flexibility index (Phi) is 2.56. The lowest BCUT2D eigenvalue weighted by Gasteiger charge is -1.96. The van der Waals surface area contributed by atoms with Crippen molar-refractivity contribution in [3.05, 3.63) is 42.6 Å². The minimum absolute atomic E-state index is 0.300. The standard InChI is InChI=1S/C11H9ClN2O/c1-2-7-14-9-6-4-3-5-8(9)10(13-14)11(12)15/h2-6H,1,7H2. The highest BCUT2D eigenvalue weighted by molar-refractivity contribution is 6.68. The van der Waals surface area contributed by atoms with Gasteiger partial charge in [0.1, 0.15) is 0 Å². The van der Waals surface area contributed by atoms with Gasteiger partial charge in [0.15, 0.2) is 5.69 Å². The first-order valence-electron chi connectivity index (χ1n) is 4.50. The number of nitrogens with zero attached hydrogens (tertiary/aromatic N) is 2. The molecule has 1 aromatic carbocycles. The second-order valence-electron chi connectivity index (χ2n) is 3.11. The third-order valence-electron chi connectivity index (χ3n) is 2.15. The zero-order valence-electron chi connectivity index (χ0n) is 7.98. The Bertz CT molecular complexity index is 530.